The second-order valence-corrected chi connectivity index (χ2v) is 3.87. The van der Waals surface area contributed by atoms with Gasteiger partial charge in [0.05, 0.1) is 0 Å². The van der Waals surface area contributed by atoms with Crippen LogP contribution >= 0.6 is 0 Å². The molecule has 2 aromatic rings. The van der Waals surface area contributed by atoms with Crippen LogP contribution in [-0.4, -0.2) is 4.98 Å². The molecule has 2 rings (SSSR count). The van der Waals surface area contributed by atoms with Crippen LogP contribution in [0.2, 0.25) is 0 Å². The maximum atomic E-state index is 8.77. The Balaban J connectivity index is 2.09. The van der Waals surface area contributed by atoms with Crippen molar-refractivity contribution >= 4 is 5.69 Å². The zero-order valence-corrected chi connectivity index (χ0v) is 9.93. The predicted octanol–water partition coefficient (Wildman–Crippen LogP) is 2.02. The number of rotatable bonds is 4. The van der Waals surface area contributed by atoms with E-state index in [0.717, 1.165) is 16.8 Å². The molecule has 0 aliphatic heterocycles. The molecule has 0 aliphatic rings. The minimum atomic E-state index is 0.409. The molecular formula is C14H14N4. The molecule has 0 amide bonds. The molecule has 1 aromatic heterocycles. The highest BCUT2D eigenvalue weighted by Gasteiger charge is 2.00. The Hall–Kier alpha value is -2.38. The second kappa shape index (κ2) is 5.80. The van der Waals surface area contributed by atoms with E-state index in [0.29, 0.717) is 18.8 Å². The van der Waals surface area contributed by atoms with Gasteiger partial charge in [0.25, 0.3) is 0 Å². The van der Waals surface area contributed by atoms with Crippen molar-refractivity contribution in [2.24, 2.45) is 5.73 Å². The molecule has 0 spiro atoms. The van der Waals surface area contributed by atoms with Crippen LogP contribution in [0.3, 0.4) is 0 Å². The van der Waals surface area contributed by atoms with Crippen LogP contribution in [0.4, 0.5) is 5.69 Å². The molecule has 18 heavy (non-hydrogen) atoms. The van der Waals surface area contributed by atoms with E-state index in [1.165, 1.54) is 0 Å². The number of nitrogens with one attached hydrogen (secondary N) is 1. The number of hydrogen-bond acceptors (Lipinski definition) is 4. The fourth-order valence-electron chi connectivity index (χ4n) is 1.73. The quantitative estimate of drug-likeness (QED) is 0.854. The van der Waals surface area contributed by atoms with Gasteiger partial charge in [-0.15, -0.1) is 0 Å². The Labute approximate surface area is 106 Å². The van der Waals surface area contributed by atoms with Gasteiger partial charge in [-0.2, -0.15) is 5.26 Å². The van der Waals surface area contributed by atoms with E-state index in [2.05, 4.69) is 10.3 Å². The molecule has 4 nitrogen and oxygen atoms in total. The van der Waals surface area contributed by atoms with Crippen LogP contribution in [0.1, 0.15) is 16.8 Å². The van der Waals surface area contributed by atoms with Crippen molar-refractivity contribution in [3.63, 3.8) is 0 Å². The fourth-order valence-corrected chi connectivity index (χ4v) is 1.73. The first-order chi connectivity index (χ1) is 8.83. The van der Waals surface area contributed by atoms with Gasteiger partial charge in [-0.3, -0.25) is 0 Å². The monoisotopic (exact) mass is 238 g/mol. The molecular weight excluding hydrogens is 224 g/mol. The summed E-state index contributed by atoms with van der Waals surface area (Å²) in [5.74, 6) is 0. The van der Waals surface area contributed by atoms with E-state index < -0.39 is 0 Å². The number of anilines is 1. The maximum absolute atomic E-state index is 8.77. The molecule has 0 bridgehead atoms. The summed E-state index contributed by atoms with van der Waals surface area (Å²) in [6.07, 6.45) is 1.62. The molecule has 0 saturated heterocycles. The lowest BCUT2D eigenvalue weighted by atomic mass is 10.1. The summed E-state index contributed by atoms with van der Waals surface area (Å²) in [7, 11) is 0. The molecule has 0 saturated carbocycles. The summed E-state index contributed by atoms with van der Waals surface area (Å²) < 4.78 is 0. The Bertz CT molecular complexity index is 572. The Morgan fingerprint density at radius 1 is 1.22 bits per heavy atom. The van der Waals surface area contributed by atoms with E-state index in [1.54, 1.807) is 12.3 Å². The first-order valence-corrected chi connectivity index (χ1v) is 5.70. The summed E-state index contributed by atoms with van der Waals surface area (Å²) >= 11 is 0. The van der Waals surface area contributed by atoms with Gasteiger partial charge in [0.1, 0.15) is 11.8 Å². The number of aromatic nitrogens is 1. The number of nitriles is 1. The highest BCUT2D eigenvalue weighted by molar-refractivity contribution is 5.46. The number of hydrogen-bond donors (Lipinski definition) is 2. The molecule has 0 aliphatic carbocycles. The summed E-state index contributed by atoms with van der Waals surface area (Å²) in [6.45, 7) is 1.21. The van der Waals surface area contributed by atoms with Gasteiger partial charge >= 0.3 is 0 Å². The lowest BCUT2D eigenvalue weighted by molar-refractivity contribution is 1.01. The smallest absolute Gasteiger partial charge is 0.142 e. The molecule has 1 aromatic carbocycles. The summed E-state index contributed by atoms with van der Waals surface area (Å²) in [5, 5.41) is 12.0. The third kappa shape index (κ3) is 2.84. The van der Waals surface area contributed by atoms with E-state index in [1.807, 2.05) is 36.4 Å². The van der Waals surface area contributed by atoms with Gasteiger partial charge in [0.15, 0.2) is 0 Å². The molecule has 0 unspecified atom stereocenters. The molecule has 0 fully saturated rings. The standard InChI is InChI=1S/C14H14N4/c15-8-11-3-1-2-4-12(11)10-18-13-5-6-17-14(7-13)9-16/h1-7H,8,10,15H2,(H,17,18). The largest absolute Gasteiger partial charge is 0.381 e. The third-order valence-corrected chi connectivity index (χ3v) is 2.70. The maximum Gasteiger partial charge on any atom is 0.142 e. The summed E-state index contributed by atoms with van der Waals surface area (Å²) in [5.41, 5.74) is 9.26. The first-order valence-electron chi connectivity index (χ1n) is 5.70. The number of nitrogens with zero attached hydrogens (tertiary/aromatic N) is 2. The van der Waals surface area contributed by atoms with Crippen LogP contribution in [0.5, 0.6) is 0 Å². The minimum absolute atomic E-state index is 0.409. The highest BCUT2D eigenvalue weighted by Crippen LogP contribution is 2.12. The lowest BCUT2D eigenvalue weighted by Crippen LogP contribution is -2.06. The second-order valence-electron chi connectivity index (χ2n) is 3.87. The van der Waals surface area contributed by atoms with Crippen LogP contribution in [0, 0.1) is 11.3 Å². The Morgan fingerprint density at radius 3 is 2.72 bits per heavy atom. The van der Waals surface area contributed by atoms with Crippen molar-refractivity contribution in [1.82, 2.24) is 4.98 Å². The zero-order chi connectivity index (χ0) is 12.8. The van der Waals surface area contributed by atoms with Crippen molar-refractivity contribution in [2.45, 2.75) is 13.1 Å². The third-order valence-electron chi connectivity index (χ3n) is 2.70. The van der Waals surface area contributed by atoms with Gasteiger partial charge in [0.2, 0.25) is 0 Å². The van der Waals surface area contributed by atoms with Crippen molar-refractivity contribution in [3.8, 4) is 6.07 Å². The van der Waals surface area contributed by atoms with Gasteiger partial charge in [-0.25, -0.2) is 4.98 Å². The van der Waals surface area contributed by atoms with E-state index >= 15 is 0 Å². The number of nitrogens with two attached hydrogens (primary N) is 1. The Morgan fingerprint density at radius 2 is 2.00 bits per heavy atom. The molecule has 1 heterocycles. The summed E-state index contributed by atoms with van der Waals surface area (Å²) in [4.78, 5) is 3.93. The lowest BCUT2D eigenvalue weighted by Gasteiger charge is -2.10. The van der Waals surface area contributed by atoms with E-state index in [9.17, 15) is 0 Å². The Kier molecular flexibility index (Phi) is 3.90. The topological polar surface area (TPSA) is 74.7 Å². The summed E-state index contributed by atoms with van der Waals surface area (Å²) in [6, 6.07) is 13.6. The van der Waals surface area contributed by atoms with Gasteiger partial charge in [-0.05, 0) is 23.3 Å². The van der Waals surface area contributed by atoms with Crippen LogP contribution < -0.4 is 11.1 Å². The fraction of sp³-hybridized carbons (Fsp3) is 0.143. The number of pyridine rings is 1. The van der Waals surface area contributed by atoms with Crippen molar-refractivity contribution in [2.75, 3.05) is 5.32 Å². The van der Waals surface area contributed by atoms with Crippen LogP contribution in [0.15, 0.2) is 42.6 Å². The van der Waals surface area contributed by atoms with Crippen LogP contribution in [0.25, 0.3) is 0 Å². The minimum Gasteiger partial charge on any atom is -0.381 e. The van der Waals surface area contributed by atoms with E-state index in [4.69, 9.17) is 11.0 Å². The highest BCUT2D eigenvalue weighted by atomic mass is 14.9. The average molecular weight is 238 g/mol. The van der Waals surface area contributed by atoms with Crippen molar-refractivity contribution in [1.29, 1.82) is 5.26 Å². The molecule has 90 valence electrons. The molecule has 4 heteroatoms. The normalized spacial score (nSPS) is 9.78. The molecule has 3 N–H and O–H groups in total. The van der Waals surface area contributed by atoms with Crippen LogP contribution in [-0.2, 0) is 13.1 Å². The van der Waals surface area contributed by atoms with Crippen molar-refractivity contribution < 1.29 is 0 Å². The molecule has 0 atom stereocenters. The first kappa shape index (κ1) is 12.1. The van der Waals surface area contributed by atoms with Gasteiger partial charge < -0.3 is 11.1 Å². The number of benzene rings is 1. The SMILES string of the molecule is N#Cc1cc(NCc2ccccc2CN)ccn1. The van der Waals surface area contributed by atoms with Crippen molar-refractivity contribution in [3.05, 3.63) is 59.4 Å². The van der Waals surface area contributed by atoms with E-state index in [-0.39, 0.29) is 0 Å². The van der Waals surface area contributed by atoms with Gasteiger partial charge in [-0.1, -0.05) is 24.3 Å². The zero-order valence-electron chi connectivity index (χ0n) is 9.93. The average Bonchev–Trinajstić information content (AvgIpc) is 2.45. The van der Waals surface area contributed by atoms with Gasteiger partial charge in [0, 0.05) is 25.0 Å². The predicted molar refractivity (Wildman–Crippen MR) is 70.6 cm³/mol. The molecule has 0 radical (unpaired) electrons.